The molecular formula is C14H12Cl3NO2. The molecule has 0 spiro atoms. The fourth-order valence-corrected chi connectivity index (χ4v) is 2.63. The van der Waals surface area contributed by atoms with Crippen LogP contribution in [-0.2, 0) is 5.41 Å². The Morgan fingerprint density at radius 2 is 1.75 bits per heavy atom. The van der Waals surface area contributed by atoms with Gasteiger partial charge in [0.15, 0.2) is 5.76 Å². The monoisotopic (exact) mass is 331 g/mol. The average molecular weight is 333 g/mol. The molecular weight excluding hydrogens is 321 g/mol. The molecule has 0 N–H and O–H groups in total. The molecule has 1 heterocycles. The number of benzene rings is 1. The maximum atomic E-state index is 11.8. The molecule has 0 saturated carbocycles. The number of hydrogen-bond acceptors (Lipinski definition) is 3. The van der Waals surface area contributed by atoms with E-state index < -0.39 is 10.7 Å². The quantitative estimate of drug-likeness (QED) is 0.698. The fraction of sp³-hybridized carbons (Fsp3) is 0.286. The first-order valence-corrected chi connectivity index (χ1v) is 7.01. The zero-order valence-electron chi connectivity index (χ0n) is 11.1. The standard InChI is InChI=1S/C14H12Cl3NO2/c1-14(2,3)12-10(13(17)19)11(18-20-12)9-7(15)5-4-6-8(9)16/h4-6H,1-3H3. The second-order valence-corrected chi connectivity index (χ2v) is 6.51. The van der Waals surface area contributed by atoms with Crippen molar-refractivity contribution in [1.29, 1.82) is 0 Å². The molecule has 0 aliphatic heterocycles. The molecule has 0 aliphatic carbocycles. The van der Waals surface area contributed by atoms with Crippen LogP contribution in [-0.4, -0.2) is 10.4 Å². The van der Waals surface area contributed by atoms with E-state index >= 15 is 0 Å². The van der Waals surface area contributed by atoms with E-state index in [9.17, 15) is 4.79 Å². The first-order valence-electron chi connectivity index (χ1n) is 5.88. The Hall–Kier alpha value is -1.03. The van der Waals surface area contributed by atoms with Crippen LogP contribution in [0, 0.1) is 0 Å². The number of aromatic nitrogens is 1. The highest BCUT2D eigenvalue weighted by molar-refractivity contribution is 6.68. The van der Waals surface area contributed by atoms with Crippen LogP contribution in [0.3, 0.4) is 0 Å². The molecule has 1 aromatic carbocycles. The first-order chi connectivity index (χ1) is 9.23. The molecule has 0 unspecified atom stereocenters. The van der Waals surface area contributed by atoms with Gasteiger partial charge in [-0.3, -0.25) is 4.79 Å². The molecule has 2 aromatic rings. The van der Waals surface area contributed by atoms with Crippen molar-refractivity contribution in [3.63, 3.8) is 0 Å². The predicted molar refractivity (Wildman–Crippen MR) is 80.8 cm³/mol. The summed E-state index contributed by atoms with van der Waals surface area (Å²) >= 11 is 18.0. The van der Waals surface area contributed by atoms with E-state index in [1.54, 1.807) is 18.2 Å². The van der Waals surface area contributed by atoms with Crippen molar-refractivity contribution in [2.75, 3.05) is 0 Å². The summed E-state index contributed by atoms with van der Waals surface area (Å²) < 4.78 is 5.31. The van der Waals surface area contributed by atoms with Crippen LogP contribution < -0.4 is 0 Å². The summed E-state index contributed by atoms with van der Waals surface area (Å²) in [6.45, 7) is 5.69. The number of rotatable bonds is 2. The van der Waals surface area contributed by atoms with E-state index in [1.165, 1.54) is 0 Å². The lowest BCUT2D eigenvalue weighted by Gasteiger charge is -2.15. The van der Waals surface area contributed by atoms with Gasteiger partial charge < -0.3 is 4.52 Å². The number of hydrogen-bond donors (Lipinski definition) is 0. The molecule has 6 heteroatoms. The van der Waals surface area contributed by atoms with Gasteiger partial charge in [0.1, 0.15) is 11.3 Å². The molecule has 20 heavy (non-hydrogen) atoms. The molecule has 0 radical (unpaired) electrons. The summed E-state index contributed by atoms with van der Waals surface area (Å²) in [6, 6.07) is 5.04. The summed E-state index contributed by atoms with van der Waals surface area (Å²) in [4.78, 5) is 11.8. The third kappa shape index (κ3) is 2.71. The summed E-state index contributed by atoms with van der Waals surface area (Å²) in [5, 5.41) is 4.06. The third-order valence-electron chi connectivity index (χ3n) is 2.77. The van der Waals surface area contributed by atoms with Gasteiger partial charge in [-0.05, 0) is 23.7 Å². The number of carbonyl (C=O) groups is 1. The summed E-state index contributed by atoms with van der Waals surface area (Å²) in [5.41, 5.74) is 0.498. The Kier molecular flexibility index (Phi) is 4.14. The molecule has 0 atom stereocenters. The Morgan fingerprint density at radius 3 is 2.20 bits per heavy atom. The summed E-state index contributed by atoms with van der Waals surface area (Å²) in [5.74, 6) is 0.406. The van der Waals surface area contributed by atoms with E-state index in [0.29, 0.717) is 21.4 Å². The van der Waals surface area contributed by atoms with Crippen LogP contribution in [0.5, 0.6) is 0 Å². The van der Waals surface area contributed by atoms with Gasteiger partial charge in [0, 0.05) is 11.0 Å². The molecule has 1 aromatic heterocycles. The molecule has 0 amide bonds. The van der Waals surface area contributed by atoms with Gasteiger partial charge in [0.25, 0.3) is 5.24 Å². The van der Waals surface area contributed by atoms with E-state index in [1.807, 2.05) is 20.8 Å². The normalized spacial score (nSPS) is 11.7. The molecule has 0 saturated heterocycles. The van der Waals surface area contributed by atoms with Crippen molar-refractivity contribution in [2.45, 2.75) is 26.2 Å². The third-order valence-corrected chi connectivity index (χ3v) is 3.59. The van der Waals surface area contributed by atoms with Gasteiger partial charge in [0.2, 0.25) is 0 Å². The molecule has 3 nitrogen and oxygen atoms in total. The van der Waals surface area contributed by atoms with E-state index in [0.717, 1.165) is 0 Å². The maximum absolute atomic E-state index is 11.8. The molecule has 106 valence electrons. The van der Waals surface area contributed by atoms with Gasteiger partial charge in [-0.1, -0.05) is 55.2 Å². The van der Waals surface area contributed by atoms with Crippen LogP contribution in [0.4, 0.5) is 0 Å². The topological polar surface area (TPSA) is 43.1 Å². The highest BCUT2D eigenvalue weighted by Gasteiger charge is 2.32. The van der Waals surface area contributed by atoms with Gasteiger partial charge in [-0.15, -0.1) is 0 Å². The summed E-state index contributed by atoms with van der Waals surface area (Å²) in [6.07, 6.45) is 0. The smallest absolute Gasteiger partial charge is 0.258 e. The SMILES string of the molecule is CC(C)(C)c1onc(-c2c(Cl)cccc2Cl)c1C(=O)Cl. The highest BCUT2D eigenvalue weighted by atomic mass is 35.5. The van der Waals surface area contributed by atoms with Crippen LogP contribution in [0.2, 0.25) is 10.0 Å². The minimum absolute atomic E-state index is 0.203. The fourth-order valence-electron chi connectivity index (χ4n) is 1.88. The van der Waals surface area contributed by atoms with Crippen molar-refractivity contribution >= 4 is 40.0 Å². The van der Waals surface area contributed by atoms with Crippen molar-refractivity contribution in [1.82, 2.24) is 5.16 Å². The van der Waals surface area contributed by atoms with Crippen molar-refractivity contribution in [3.05, 3.63) is 39.6 Å². The van der Waals surface area contributed by atoms with Crippen molar-refractivity contribution in [3.8, 4) is 11.3 Å². The lowest BCUT2D eigenvalue weighted by molar-refractivity contribution is 0.107. The molecule has 0 fully saturated rings. The van der Waals surface area contributed by atoms with Crippen LogP contribution >= 0.6 is 34.8 Å². The van der Waals surface area contributed by atoms with E-state index in [-0.39, 0.29) is 11.3 Å². The molecule has 2 rings (SSSR count). The average Bonchev–Trinajstić information content (AvgIpc) is 2.73. The van der Waals surface area contributed by atoms with E-state index in [4.69, 9.17) is 39.3 Å². The first kappa shape index (κ1) is 15.4. The Labute approximate surface area is 131 Å². The van der Waals surface area contributed by atoms with Crippen LogP contribution in [0.15, 0.2) is 22.7 Å². The Bertz CT molecular complexity index is 651. The zero-order chi connectivity index (χ0) is 15.1. The summed E-state index contributed by atoms with van der Waals surface area (Å²) in [7, 11) is 0. The molecule has 0 bridgehead atoms. The Balaban J connectivity index is 2.77. The minimum Gasteiger partial charge on any atom is -0.359 e. The van der Waals surface area contributed by atoms with Crippen LogP contribution in [0.1, 0.15) is 36.9 Å². The van der Waals surface area contributed by atoms with Crippen molar-refractivity contribution in [2.24, 2.45) is 0 Å². The largest absolute Gasteiger partial charge is 0.359 e. The number of nitrogens with zero attached hydrogens (tertiary/aromatic N) is 1. The van der Waals surface area contributed by atoms with Gasteiger partial charge in [-0.25, -0.2) is 0 Å². The van der Waals surface area contributed by atoms with E-state index in [2.05, 4.69) is 5.16 Å². The lowest BCUT2D eigenvalue weighted by Crippen LogP contribution is -2.13. The predicted octanol–water partition coefficient (Wildman–Crippen LogP) is 5.32. The number of halogens is 3. The maximum Gasteiger partial charge on any atom is 0.258 e. The second kappa shape index (κ2) is 5.40. The zero-order valence-corrected chi connectivity index (χ0v) is 13.4. The van der Waals surface area contributed by atoms with Crippen molar-refractivity contribution < 1.29 is 9.32 Å². The van der Waals surface area contributed by atoms with Crippen LogP contribution in [0.25, 0.3) is 11.3 Å². The Morgan fingerprint density at radius 1 is 1.20 bits per heavy atom. The minimum atomic E-state index is -0.651. The van der Waals surface area contributed by atoms with Gasteiger partial charge >= 0.3 is 0 Å². The van der Waals surface area contributed by atoms with Gasteiger partial charge in [0.05, 0.1) is 10.0 Å². The molecule has 0 aliphatic rings. The second-order valence-electron chi connectivity index (χ2n) is 5.36. The van der Waals surface area contributed by atoms with Gasteiger partial charge in [-0.2, -0.15) is 0 Å². The number of carbonyl (C=O) groups excluding carboxylic acids is 1. The lowest BCUT2D eigenvalue weighted by atomic mass is 9.89. The highest BCUT2D eigenvalue weighted by Crippen LogP contribution is 2.40.